The van der Waals surface area contributed by atoms with Gasteiger partial charge in [-0.3, -0.25) is 4.79 Å². The Labute approximate surface area is 66.5 Å². The van der Waals surface area contributed by atoms with Crippen LogP contribution in [0.2, 0.25) is 0 Å². The minimum atomic E-state index is -1.25. The van der Waals surface area contributed by atoms with Crippen molar-refractivity contribution in [2.45, 2.75) is 18.5 Å². The van der Waals surface area contributed by atoms with E-state index < -0.39 is 17.6 Å². The van der Waals surface area contributed by atoms with E-state index in [1.807, 2.05) is 0 Å². The first kappa shape index (κ1) is 7.98. The standard InChI is InChI=1S/C6H8BrFO2/c7-3-6(8)1-4(2-6)5(9)10/h4H,1-3H2,(H,9,10). The molecule has 0 saturated heterocycles. The molecule has 4 heteroatoms. The van der Waals surface area contributed by atoms with E-state index in [1.54, 1.807) is 0 Å². The van der Waals surface area contributed by atoms with Crippen molar-refractivity contribution in [1.82, 2.24) is 0 Å². The lowest BCUT2D eigenvalue weighted by Crippen LogP contribution is -2.44. The van der Waals surface area contributed by atoms with Gasteiger partial charge in [-0.1, -0.05) is 15.9 Å². The minimum Gasteiger partial charge on any atom is -0.481 e. The Kier molecular flexibility index (Phi) is 1.99. The first-order valence-corrected chi connectivity index (χ1v) is 4.17. The summed E-state index contributed by atoms with van der Waals surface area (Å²) in [6.45, 7) is 0. The predicted octanol–water partition coefficient (Wildman–Crippen LogP) is 1.58. The summed E-state index contributed by atoms with van der Waals surface area (Å²) in [5.41, 5.74) is -1.25. The zero-order valence-corrected chi connectivity index (χ0v) is 6.90. The average Bonchev–Trinajstić information content (AvgIpc) is 1.80. The van der Waals surface area contributed by atoms with E-state index in [-0.39, 0.29) is 18.2 Å². The van der Waals surface area contributed by atoms with Gasteiger partial charge in [0.2, 0.25) is 0 Å². The van der Waals surface area contributed by atoms with Gasteiger partial charge >= 0.3 is 5.97 Å². The first-order valence-electron chi connectivity index (χ1n) is 3.05. The third-order valence-corrected chi connectivity index (χ3v) is 2.82. The molecule has 1 N–H and O–H groups in total. The first-order chi connectivity index (χ1) is 4.57. The molecule has 0 spiro atoms. The van der Waals surface area contributed by atoms with Crippen LogP contribution in [0.15, 0.2) is 0 Å². The van der Waals surface area contributed by atoms with Crippen molar-refractivity contribution in [2.75, 3.05) is 5.33 Å². The number of hydrogen-bond donors (Lipinski definition) is 1. The molecular formula is C6H8BrFO2. The predicted molar refractivity (Wildman–Crippen MR) is 38.0 cm³/mol. The fourth-order valence-corrected chi connectivity index (χ4v) is 1.56. The van der Waals surface area contributed by atoms with Gasteiger partial charge in [-0.15, -0.1) is 0 Å². The van der Waals surface area contributed by atoms with E-state index in [1.165, 1.54) is 0 Å². The summed E-state index contributed by atoms with van der Waals surface area (Å²) < 4.78 is 12.9. The zero-order chi connectivity index (χ0) is 7.78. The van der Waals surface area contributed by atoms with Gasteiger partial charge in [-0.2, -0.15) is 0 Å². The lowest BCUT2D eigenvalue weighted by Gasteiger charge is -2.37. The quantitative estimate of drug-likeness (QED) is 0.704. The Morgan fingerprint density at radius 1 is 1.80 bits per heavy atom. The average molecular weight is 211 g/mol. The van der Waals surface area contributed by atoms with Crippen molar-refractivity contribution in [3.8, 4) is 0 Å². The number of aliphatic carboxylic acids is 1. The summed E-state index contributed by atoms with van der Waals surface area (Å²) in [5, 5.41) is 8.63. The molecule has 0 radical (unpaired) electrons. The number of carboxylic acids is 1. The highest BCUT2D eigenvalue weighted by atomic mass is 79.9. The monoisotopic (exact) mass is 210 g/mol. The molecule has 0 aromatic heterocycles. The number of halogens is 2. The van der Waals surface area contributed by atoms with E-state index in [0.717, 1.165) is 0 Å². The Morgan fingerprint density at radius 3 is 2.60 bits per heavy atom. The van der Waals surface area contributed by atoms with Crippen molar-refractivity contribution in [2.24, 2.45) is 5.92 Å². The molecule has 1 aliphatic rings. The van der Waals surface area contributed by atoms with Crippen molar-refractivity contribution >= 4 is 21.9 Å². The van der Waals surface area contributed by atoms with Gasteiger partial charge in [-0.05, 0) is 12.8 Å². The highest BCUT2D eigenvalue weighted by molar-refractivity contribution is 9.09. The molecule has 1 fully saturated rings. The summed E-state index contributed by atoms with van der Waals surface area (Å²) >= 11 is 2.99. The van der Waals surface area contributed by atoms with Crippen molar-refractivity contribution in [3.63, 3.8) is 0 Å². The largest absolute Gasteiger partial charge is 0.481 e. The molecule has 1 rings (SSSR count). The maximum atomic E-state index is 12.9. The number of hydrogen-bond acceptors (Lipinski definition) is 1. The SMILES string of the molecule is O=C(O)C1CC(F)(CBr)C1. The Morgan fingerprint density at radius 2 is 2.30 bits per heavy atom. The normalized spacial score (nSPS) is 38.8. The molecule has 10 heavy (non-hydrogen) atoms. The molecule has 58 valence electrons. The van der Waals surface area contributed by atoms with Crippen LogP contribution >= 0.6 is 15.9 Å². The summed E-state index contributed by atoms with van der Waals surface area (Å²) in [4.78, 5) is 10.2. The second-order valence-corrected chi connectivity index (χ2v) is 3.29. The van der Waals surface area contributed by atoms with Crippen LogP contribution in [0.3, 0.4) is 0 Å². The lowest BCUT2D eigenvalue weighted by molar-refractivity contribution is -0.150. The number of carboxylic acid groups (broad SMARTS) is 1. The number of alkyl halides is 2. The van der Waals surface area contributed by atoms with Crippen molar-refractivity contribution in [3.05, 3.63) is 0 Å². The van der Waals surface area contributed by atoms with Crippen LogP contribution in [0.4, 0.5) is 4.39 Å². The Balaban J connectivity index is 2.36. The number of carbonyl (C=O) groups is 1. The van der Waals surface area contributed by atoms with Crippen LogP contribution in [0.25, 0.3) is 0 Å². The van der Waals surface area contributed by atoms with E-state index in [2.05, 4.69) is 15.9 Å². The van der Waals surface area contributed by atoms with Gasteiger partial charge in [0, 0.05) is 5.33 Å². The van der Waals surface area contributed by atoms with Crippen LogP contribution in [-0.2, 0) is 4.79 Å². The maximum Gasteiger partial charge on any atom is 0.306 e. The van der Waals surface area contributed by atoms with Crippen LogP contribution in [-0.4, -0.2) is 22.1 Å². The second kappa shape index (κ2) is 2.49. The number of rotatable bonds is 2. The highest BCUT2D eigenvalue weighted by Crippen LogP contribution is 2.42. The molecule has 0 atom stereocenters. The molecule has 0 amide bonds. The highest BCUT2D eigenvalue weighted by Gasteiger charge is 2.47. The fraction of sp³-hybridized carbons (Fsp3) is 0.833. The van der Waals surface area contributed by atoms with E-state index in [0.29, 0.717) is 0 Å². The van der Waals surface area contributed by atoms with Crippen molar-refractivity contribution < 1.29 is 14.3 Å². The minimum absolute atomic E-state index is 0.160. The molecule has 0 unspecified atom stereocenters. The molecular weight excluding hydrogens is 203 g/mol. The van der Waals surface area contributed by atoms with E-state index >= 15 is 0 Å². The zero-order valence-electron chi connectivity index (χ0n) is 5.31. The van der Waals surface area contributed by atoms with Gasteiger partial charge in [-0.25, -0.2) is 4.39 Å². The molecule has 0 aromatic rings. The van der Waals surface area contributed by atoms with Gasteiger partial charge in [0.15, 0.2) is 0 Å². The molecule has 0 bridgehead atoms. The van der Waals surface area contributed by atoms with Crippen molar-refractivity contribution in [1.29, 1.82) is 0 Å². The van der Waals surface area contributed by atoms with Gasteiger partial charge in [0.05, 0.1) is 5.92 Å². The van der Waals surface area contributed by atoms with Gasteiger partial charge < -0.3 is 5.11 Å². The van der Waals surface area contributed by atoms with Gasteiger partial charge in [0.25, 0.3) is 0 Å². The van der Waals surface area contributed by atoms with Crippen LogP contribution in [0.1, 0.15) is 12.8 Å². The third-order valence-electron chi connectivity index (χ3n) is 1.81. The van der Waals surface area contributed by atoms with E-state index in [4.69, 9.17) is 5.11 Å². The second-order valence-electron chi connectivity index (χ2n) is 2.73. The summed E-state index contributed by atoms with van der Waals surface area (Å²) in [7, 11) is 0. The van der Waals surface area contributed by atoms with Crippen LogP contribution in [0.5, 0.6) is 0 Å². The van der Waals surface area contributed by atoms with Gasteiger partial charge in [0.1, 0.15) is 5.67 Å². The molecule has 1 saturated carbocycles. The fourth-order valence-electron chi connectivity index (χ4n) is 1.11. The molecule has 2 nitrogen and oxygen atoms in total. The molecule has 1 aliphatic carbocycles. The van der Waals surface area contributed by atoms with E-state index in [9.17, 15) is 9.18 Å². The third kappa shape index (κ3) is 1.31. The molecule has 0 heterocycles. The lowest BCUT2D eigenvalue weighted by atomic mass is 9.74. The molecule has 0 aliphatic heterocycles. The summed E-state index contributed by atoms with van der Waals surface area (Å²) in [6, 6.07) is 0. The summed E-state index contributed by atoms with van der Waals surface area (Å²) in [6.07, 6.45) is 0.321. The Bertz CT molecular complexity index is 154. The summed E-state index contributed by atoms with van der Waals surface area (Å²) in [5.74, 6) is -1.34. The molecule has 0 aromatic carbocycles. The smallest absolute Gasteiger partial charge is 0.306 e. The maximum absolute atomic E-state index is 12.9. The topological polar surface area (TPSA) is 37.3 Å². The van der Waals surface area contributed by atoms with Crippen LogP contribution in [0, 0.1) is 5.92 Å². The van der Waals surface area contributed by atoms with Crippen LogP contribution < -0.4 is 0 Å². The Hall–Kier alpha value is -0.120.